The van der Waals surface area contributed by atoms with Gasteiger partial charge in [0, 0.05) is 19.0 Å². The SMILES string of the molecule is CC1CCCN(C(=O)CC2CCNC2)C1C.Cl. The summed E-state index contributed by atoms with van der Waals surface area (Å²) in [5.41, 5.74) is 0. The average molecular weight is 261 g/mol. The van der Waals surface area contributed by atoms with Crippen LogP contribution in [0.4, 0.5) is 0 Å². The molecule has 0 radical (unpaired) electrons. The van der Waals surface area contributed by atoms with Crippen LogP contribution in [0.2, 0.25) is 0 Å². The number of carbonyl (C=O) groups is 1. The summed E-state index contributed by atoms with van der Waals surface area (Å²) < 4.78 is 0. The molecule has 4 heteroatoms. The minimum Gasteiger partial charge on any atom is -0.340 e. The Labute approximate surface area is 111 Å². The summed E-state index contributed by atoms with van der Waals surface area (Å²) in [5, 5.41) is 3.33. The molecular weight excluding hydrogens is 236 g/mol. The van der Waals surface area contributed by atoms with Gasteiger partial charge in [-0.15, -0.1) is 12.4 Å². The Hall–Kier alpha value is -0.280. The molecule has 0 spiro atoms. The summed E-state index contributed by atoms with van der Waals surface area (Å²) in [7, 11) is 0. The minimum absolute atomic E-state index is 0. The summed E-state index contributed by atoms with van der Waals surface area (Å²) in [4.78, 5) is 14.3. The highest BCUT2D eigenvalue weighted by Crippen LogP contribution is 2.25. The van der Waals surface area contributed by atoms with E-state index in [1.807, 2.05) is 0 Å². The van der Waals surface area contributed by atoms with Gasteiger partial charge in [0.05, 0.1) is 0 Å². The molecule has 2 rings (SSSR count). The van der Waals surface area contributed by atoms with E-state index in [0.717, 1.165) is 26.1 Å². The standard InChI is InChI=1S/C13H24N2O.ClH/c1-10-4-3-7-15(11(10)2)13(16)8-12-5-6-14-9-12;/h10-12,14H,3-9H2,1-2H3;1H. The van der Waals surface area contributed by atoms with Crippen LogP contribution in [0.15, 0.2) is 0 Å². The normalized spacial score (nSPS) is 33.3. The maximum Gasteiger partial charge on any atom is 0.223 e. The van der Waals surface area contributed by atoms with Crippen molar-refractivity contribution in [1.82, 2.24) is 10.2 Å². The molecular formula is C13H25ClN2O. The molecule has 100 valence electrons. The third-order valence-electron chi connectivity index (χ3n) is 4.32. The lowest BCUT2D eigenvalue weighted by molar-refractivity contribution is -0.136. The van der Waals surface area contributed by atoms with E-state index < -0.39 is 0 Å². The third-order valence-corrected chi connectivity index (χ3v) is 4.32. The van der Waals surface area contributed by atoms with E-state index in [1.54, 1.807) is 0 Å². The Morgan fingerprint density at radius 1 is 1.35 bits per heavy atom. The molecule has 3 nitrogen and oxygen atoms in total. The molecule has 2 fully saturated rings. The van der Waals surface area contributed by atoms with Gasteiger partial charge in [0.25, 0.3) is 0 Å². The predicted molar refractivity (Wildman–Crippen MR) is 72.4 cm³/mol. The van der Waals surface area contributed by atoms with Crippen molar-refractivity contribution in [2.45, 2.75) is 45.6 Å². The van der Waals surface area contributed by atoms with Crippen LogP contribution < -0.4 is 5.32 Å². The first-order valence-corrected chi connectivity index (χ1v) is 6.68. The fourth-order valence-electron chi connectivity index (χ4n) is 2.94. The number of halogens is 1. The van der Waals surface area contributed by atoms with Gasteiger partial charge in [-0.2, -0.15) is 0 Å². The number of carbonyl (C=O) groups excluding carboxylic acids is 1. The minimum atomic E-state index is 0. The molecule has 0 aromatic rings. The van der Waals surface area contributed by atoms with Gasteiger partial charge in [-0.3, -0.25) is 4.79 Å². The molecule has 1 N–H and O–H groups in total. The van der Waals surface area contributed by atoms with E-state index in [-0.39, 0.29) is 12.4 Å². The smallest absolute Gasteiger partial charge is 0.223 e. The molecule has 3 unspecified atom stereocenters. The second-order valence-corrected chi connectivity index (χ2v) is 5.51. The van der Waals surface area contributed by atoms with Crippen LogP contribution in [0.3, 0.4) is 0 Å². The van der Waals surface area contributed by atoms with E-state index in [0.29, 0.717) is 23.8 Å². The van der Waals surface area contributed by atoms with Crippen molar-refractivity contribution in [2.24, 2.45) is 11.8 Å². The van der Waals surface area contributed by atoms with Gasteiger partial charge in [0.2, 0.25) is 5.91 Å². The molecule has 0 saturated carbocycles. The molecule has 17 heavy (non-hydrogen) atoms. The molecule has 0 aliphatic carbocycles. The number of amides is 1. The Morgan fingerprint density at radius 3 is 2.76 bits per heavy atom. The van der Waals surface area contributed by atoms with E-state index in [1.165, 1.54) is 19.3 Å². The number of likely N-dealkylation sites (tertiary alicyclic amines) is 1. The molecule has 0 aromatic heterocycles. The largest absolute Gasteiger partial charge is 0.340 e. The molecule has 2 aliphatic heterocycles. The first-order valence-electron chi connectivity index (χ1n) is 6.68. The quantitative estimate of drug-likeness (QED) is 0.824. The van der Waals surface area contributed by atoms with Crippen molar-refractivity contribution in [3.8, 4) is 0 Å². The Bertz CT molecular complexity index is 254. The van der Waals surface area contributed by atoms with E-state index in [2.05, 4.69) is 24.1 Å². The second-order valence-electron chi connectivity index (χ2n) is 5.51. The Morgan fingerprint density at radius 2 is 2.12 bits per heavy atom. The first kappa shape index (κ1) is 14.8. The number of rotatable bonds is 2. The summed E-state index contributed by atoms with van der Waals surface area (Å²) >= 11 is 0. The Balaban J connectivity index is 0.00000144. The van der Waals surface area contributed by atoms with Crippen molar-refractivity contribution < 1.29 is 4.79 Å². The highest BCUT2D eigenvalue weighted by atomic mass is 35.5. The van der Waals surface area contributed by atoms with Gasteiger partial charge in [-0.25, -0.2) is 0 Å². The van der Waals surface area contributed by atoms with Crippen molar-refractivity contribution in [3.63, 3.8) is 0 Å². The summed E-state index contributed by atoms with van der Waals surface area (Å²) in [6.07, 6.45) is 4.38. The molecule has 2 saturated heterocycles. The van der Waals surface area contributed by atoms with Gasteiger partial charge >= 0.3 is 0 Å². The molecule has 2 aliphatic rings. The van der Waals surface area contributed by atoms with Crippen LogP contribution in [-0.2, 0) is 4.79 Å². The maximum atomic E-state index is 12.2. The van der Waals surface area contributed by atoms with E-state index >= 15 is 0 Å². The topological polar surface area (TPSA) is 32.3 Å². The molecule has 0 bridgehead atoms. The third kappa shape index (κ3) is 3.59. The molecule has 3 atom stereocenters. The van der Waals surface area contributed by atoms with Gasteiger partial charge in [-0.05, 0) is 51.1 Å². The lowest BCUT2D eigenvalue weighted by atomic mass is 9.91. The van der Waals surface area contributed by atoms with Crippen LogP contribution in [0.1, 0.15) is 39.5 Å². The van der Waals surface area contributed by atoms with Gasteiger partial charge in [-0.1, -0.05) is 6.92 Å². The predicted octanol–water partition coefficient (Wildman–Crippen LogP) is 2.05. The number of piperidine rings is 1. The number of nitrogens with zero attached hydrogens (tertiary/aromatic N) is 1. The van der Waals surface area contributed by atoms with E-state index in [4.69, 9.17) is 0 Å². The summed E-state index contributed by atoms with van der Waals surface area (Å²) in [6, 6.07) is 0.440. The summed E-state index contributed by atoms with van der Waals surface area (Å²) in [5.74, 6) is 1.63. The number of nitrogens with one attached hydrogen (secondary N) is 1. The van der Waals surface area contributed by atoms with Gasteiger partial charge < -0.3 is 10.2 Å². The highest BCUT2D eigenvalue weighted by molar-refractivity contribution is 5.85. The van der Waals surface area contributed by atoms with E-state index in [9.17, 15) is 4.79 Å². The van der Waals surface area contributed by atoms with Gasteiger partial charge in [0.15, 0.2) is 0 Å². The fraction of sp³-hybridized carbons (Fsp3) is 0.923. The second kappa shape index (κ2) is 6.60. The monoisotopic (exact) mass is 260 g/mol. The van der Waals surface area contributed by atoms with Crippen LogP contribution in [-0.4, -0.2) is 36.5 Å². The van der Waals surface area contributed by atoms with Crippen molar-refractivity contribution in [3.05, 3.63) is 0 Å². The average Bonchev–Trinajstić information content (AvgIpc) is 2.74. The number of hydrogen-bond donors (Lipinski definition) is 1. The molecule has 2 heterocycles. The van der Waals surface area contributed by atoms with Crippen LogP contribution in [0.5, 0.6) is 0 Å². The van der Waals surface area contributed by atoms with Gasteiger partial charge in [0.1, 0.15) is 0 Å². The zero-order valence-electron chi connectivity index (χ0n) is 10.9. The fourth-order valence-corrected chi connectivity index (χ4v) is 2.94. The van der Waals surface area contributed by atoms with Crippen LogP contribution >= 0.6 is 12.4 Å². The zero-order valence-corrected chi connectivity index (χ0v) is 11.8. The zero-order chi connectivity index (χ0) is 11.5. The lowest BCUT2D eigenvalue weighted by Gasteiger charge is -2.38. The summed E-state index contributed by atoms with van der Waals surface area (Å²) in [6.45, 7) is 7.56. The molecule has 1 amide bonds. The lowest BCUT2D eigenvalue weighted by Crippen LogP contribution is -2.46. The maximum absolute atomic E-state index is 12.2. The van der Waals surface area contributed by atoms with Crippen molar-refractivity contribution in [2.75, 3.05) is 19.6 Å². The van der Waals surface area contributed by atoms with Crippen molar-refractivity contribution >= 4 is 18.3 Å². The van der Waals surface area contributed by atoms with Crippen molar-refractivity contribution in [1.29, 1.82) is 0 Å². The Kier molecular flexibility index (Phi) is 5.74. The highest BCUT2D eigenvalue weighted by Gasteiger charge is 2.29. The van der Waals surface area contributed by atoms with Crippen LogP contribution in [0.25, 0.3) is 0 Å². The van der Waals surface area contributed by atoms with Crippen LogP contribution in [0, 0.1) is 11.8 Å². The molecule has 0 aromatic carbocycles. The first-order chi connectivity index (χ1) is 7.68. The number of hydrogen-bond acceptors (Lipinski definition) is 2.